The lowest BCUT2D eigenvalue weighted by Crippen LogP contribution is -2.27. The topological polar surface area (TPSA) is 104 Å². The molecule has 0 saturated heterocycles. The lowest BCUT2D eigenvalue weighted by molar-refractivity contribution is -0.139. The van der Waals surface area contributed by atoms with E-state index in [4.69, 9.17) is 10.2 Å². The van der Waals surface area contributed by atoms with Crippen LogP contribution in [0.5, 0.6) is 0 Å². The van der Waals surface area contributed by atoms with Crippen LogP contribution in [0.4, 0.5) is 0 Å². The van der Waals surface area contributed by atoms with E-state index in [-0.39, 0.29) is 17.5 Å². The van der Waals surface area contributed by atoms with Crippen LogP contribution in [0.1, 0.15) is 20.3 Å². The van der Waals surface area contributed by atoms with Gasteiger partial charge in [-0.25, -0.2) is 4.79 Å². The Morgan fingerprint density at radius 1 is 1.29 bits per heavy atom. The van der Waals surface area contributed by atoms with E-state index >= 15 is 0 Å². The van der Waals surface area contributed by atoms with Crippen LogP contribution in [-0.4, -0.2) is 34.1 Å². The van der Waals surface area contributed by atoms with Crippen LogP contribution in [0.2, 0.25) is 0 Å². The van der Waals surface area contributed by atoms with E-state index in [9.17, 15) is 14.4 Å². The zero-order valence-electron chi connectivity index (χ0n) is 9.90. The van der Waals surface area contributed by atoms with Crippen molar-refractivity contribution < 1.29 is 24.6 Å². The molecule has 0 aliphatic carbocycles. The maximum atomic E-state index is 10.4. The third-order valence-corrected chi connectivity index (χ3v) is 1.28. The van der Waals surface area contributed by atoms with Crippen molar-refractivity contribution in [2.75, 3.05) is 0 Å². The SMILES string of the molecule is C=C(CC(=O)O)C(=O)O.C=CC(=O)NC(C)C. The van der Waals surface area contributed by atoms with Crippen molar-refractivity contribution in [3.8, 4) is 0 Å². The Kier molecular flexibility index (Phi) is 9.30. The largest absolute Gasteiger partial charge is 0.481 e. The van der Waals surface area contributed by atoms with Crippen LogP contribution < -0.4 is 5.32 Å². The van der Waals surface area contributed by atoms with Crippen LogP contribution in [0.25, 0.3) is 0 Å². The van der Waals surface area contributed by atoms with Crippen LogP contribution >= 0.6 is 0 Å². The molecular formula is C11H17NO5. The molecule has 0 aromatic rings. The minimum atomic E-state index is -1.27. The second-order valence-electron chi connectivity index (χ2n) is 3.35. The molecule has 96 valence electrons. The standard InChI is InChI=1S/C6H11NO.C5H6O4/c1-4-6(8)7-5(2)3;1-3(5(8)9)2-4(6)7/h4-5H,1H2,2-3H3,(H,7,8);1-2H2,(H,6,7)(H,8,9). The molecule has 0 unspecified atom stereocenters. The summed E-state index contributed by atoms with van der Waals surface area (Å²) in [5.74, 6) is -2.56. The smallest absolute Gasteiger partial charge is 0.331 e. The number of amides is 1. The van der Waals surface area contributed by atoms with Crippen LogP contribution in [0.15, 0.2) is 24.8 Å². The first-order valence-electron chi connectivity index (χ1n) is 4.76. The number of aliphatic carboxylic acids is 2. The molecular weight excluding hydrogens is 226 g/mol. The van der Waals surface area contributed by atoms with Gasteiger partial charge in [0.15, 0.2) is 0 Å². The monoisotopic (exact) mass is 243 g/mol. The average Bonchev–Trinajstić information content (AvgIpc) is 2.16. The number of hydrogen-bond donors (Lipinski definition) is 3. The summed E-state index contributed by atoms with van der Waals surface area (Å²) in [6, 6.07) is 0.209. The summed E-state index contributed by atoms with van der Waals surface area (Å²) in [5.41, 5.74) is -0.303. The summed E-state index contributed by atoms with van der Waals surface area (Å²) >= 11 is 0. The number of carbonyl (C=O) groups excluding carboxylic acids is 1. The maximum absolute atomic E-state index is 10.4. The molecule has 1 amide bonds. The molecule has 0 aliphatic heterocycles. The van der Waals surface area contributed by atoms with Crippen LogP contribution in [0.3, 0.4) is 0 Å². The van der Waals surface area contributed by atoms with Crippen molar-refractivity contribution in [1.29, 1.82) is 0 Å². The highest BCUT2D eigenvalue weighted by molar-refractivity contribution is 5.91. The van der Waals surface area contributed by atoms with Crippen molar-refractivity contribution in [3.05, 3.63) is 24.8 Å². The van der Waals surface area contributed by atoms with Gasteiger partial charge in [-0.05, 0) is 19.9 Å². The van der Waals surface area contributed by atoms with Gasteiger partial charge in [0, 0.05) is 11.6 Å². The molecule has 0 radical (unpaired) electrons. The van der Waals surface area contributed by atoms with Crippen LogP contribution in [-0.2, 0) is 14.4 Å². The molecule has 0 aliphatic rings. The van der Waals surface area contributed by atoms with Gasteiger partial charge in [-0.15, -0.1) is 0 Å². The predicted octanol–water partition coefficient (Wildman–Crippen LogP) is 0.799. The molecule has 0 rings (SSSR count). The van der Waals surface area contributed by atoms with Gasteiger partial charge in [-0.2, -0.15) is 0 Å². The number of carboxylic acid groups (broad SMARTS) is 2. The van der Waals surface area contributed by atoms with E-state index in [1.54, 1.807) is 0 Å². The minimum Gasteiger partial charge on any atom is -0.481 e. The third kappa shape index (κ3) is 13.9. The fourth-order valence-corrected chi connectivity index (χ4v) is 0.602. The van der Waals surface area contributed by atoms with Crippen LogP contribution in [0, 0.1) is 0 Å². The van der Waals surface area contributed by atoms with Gasteiger partial charge in [0.1, 0.15) is 0 Å². The zero-order valence-corrected chi connectivity index (χ0v) is 9.90. The summed E-state index contributed by atoms with van der Waals surface area (Å²) in [4.78, 5) is 30.1. The molecule has 3 N–H and O–H groups in total. The van der Waals surface area contributed by atoms with Crippen molar-refractivity contribution in [2.45, 2.75) is 26.3 Å². The maximum Gasteiger partial charge on any atom is 0.331 e. The number of hydrogen-bond acceptors (Lipinski definition) is 3. The Morgan fingerprint density at radius 2 is 1.76 bits per heavy atom. The summed E-state index contributed by atoms with van der Waals surface area (Å²) in [7, 11) is 0. The van der Waals surface area contributed by atoms with E-state index in [0.717, 1.165) is 0 Å². The molecule has 0 aromatic carbocycles. The quantitative estimate of drug-likeness (QED) is 0.619. The Labute approximate surface area is 99.6 Å². The normalized spacial score (nSPS) is 8.65. The molecule has 0 heterocycles. The molecule has 6 nitrogen and oxygen atoms in total. The highest BCUT2D eigenvalue weighted by atomic mass is 16.4. The predicted molar refractivity (Wildman–Crippen MR) is 62.5 cm³/mol. The summed E-state index contributed by atoms with van der Waals surface area (Å²) in [5, 5.41) is 18.7. The number of carbonyl (C=O) groups is 3. The van der Waals surface area contributed by atoms with Crippen molar-refractivity contribution >= 4 is 17.8 Å². The van der Waals surface area contributed by atoms with E-state index in [1.165, 1.54) is 6.08 Å². The molecule has 0 fully saturated rings. The molecule has 17 heavy (non-hydrogen) atoms. The first kappa shape index (κ1) is 17.3. The van der Waals surface area contributed by atoms with Gasteiger partial charge in [0.2, 0.25) is 5.91 Å². The summed E-state index contributed by atoms with van der Waals surface area (Å²) in [6.07, 6.45) is 0.759. The fraction of sp³-hybridized carbons (Fsp3) is 0.364. The van der Waals surface area contributed by atoms with Gasteiger partial charge in [0.25, 0.3) is 0 Å². The van der Waals surface area contributed by atoms with Gasteiger partial charge in [0.05, 0.1) is 6.42 Å². The van der Waals surface area contributed by atoms with Gasteiger partial charge in [-0.3, -0.25) is 9.59 Å². The van der Waals surface area contributed by atoms with Crippen molar-refractivity contribution in [3.63, 3.8) is 0 Å². The molecule has 0 atom stereocenters. The summed E-state index contributed by atoms with van der Waals surface area (Å²) < 4.78 is 0. The number of nitrogens with one attached hydrogen (secondary N) is 1. The van der Waals surface area contributed by atoms with Gasteiger partial charge in [-0.1, -0.05) is 13.2 Å². The lowest BCUT2D eigenvalue weighted by Gasteiger charge is -2.02. The lowest BCUT2D eigenvalue weighted by atomic mass is 10.2. The molecule has 0 saturated carbocycles. The van der Waals surface area contributed by atoms with E-state index in [2.05, 4.69) is 18.5 Å². The minimum absolute atomic E-state index is 0.111. The highest BCUT2D eigenvalue weighted by Gasteiger charge is 2.07. The first-order chi connectivity index (χ1) is 7.70. The average molecular weight is 243 g/mol. The Morgan fingerprint density at radius 3 is 1.88 bits per heavy atom. The fourth-order valence-electron chi connectivity index (χ4n) is 0.602. The van der Waals surface area contributed by atoms with Crippen molar-refractivity contribution in [1.82, 2.24) is 5.32 Å². The van der Waals surface area contributed by atoms with E-state index in [0.29, 0.717) is 0 Å². The Bertz CT molecular complexity index is 320. The number of rotatable bonds is 5. The first-order valence-corrected chi connectivity index (χ1v) is 4.76. The molecule has 0 bridgehead atoms. The Hall–Kier alpha value is -2.11. The van der Waals surface area contributed by atoms with Crippen molar-refractivity contribution in [2.24, 2.45) is 0 Å². The van der Waals surface area contributed by atoms with Gasteiger partial charge >= 0.3 is 11.9 Å². The van der Waals surface area contributed by atoms with E-state index < -0.39 is 18.4 Å². The Balaban J connectivity index is 0. The third-order valence-electron chi connectivity index (χ3n) is 1.28. The highest BCUT2D eigenvalue weighted by Crippen LogP contribution is 1.95. The molecule has 0 spiro atoms. The van der Waals surface area contributed by atoms with E-state index in [1.807, 2.05) is 13.8 Å². The second-order valence-corrected chi connectivity index (χ2v) is 3.35. The second kappa shape index (κ2) is 9.14. The van der Waals surface area contributed by atoms with Gasteiger partial charge < -0.3 is 15.5 Å². The molecule has 0 aromatic heterocycles. The zero-order chi connectivity index (χ0) is 14.0. The molecule has 6 heteroatoms. The number of carboxylic acids is 2. The summed E-state index contributed by atoms with van der Waals surface area (Å²) in [6.45, 7) is 10.1.